The number of ether oxygens (including phenoxy) is 1. The van der Waals surface area contributed by atoms with Crippen LogP contribution in [0.15, 0.2) is 6.07 Å². The fraction of sp³-hybridized carbons (Fsp3) is 0.545. The van der Waals surface area contributed by atoms with Gasteiger partial charge in [-0.2, -0.15) is 0 Å². The maximum atomic E-state index is 10.8. The second-order valence-corrected chi connectivity index (χ2v) is 5.19. The molecule has 0 saturated carbocycles. The Morgan fingerprint density at radius 1 is 1.59 bits per heavy atom. The number of hydrazine groups is 1. The molecule has 0 amide bonds. The van der Waals surface area contributed by atoms with Crippen molar-refractivity contribution in [3.05, 3.63) is 21.4 Å². The second kappa shape index (κ2) is 5.59. The highest BCUT2D eigenvalue weighted by Gasteiger charge is 2.13. The van der Waals surface area contributed by atoms with Crippen LogP contribution in [-0.4, -0.2) is 42.4 Å². The predicted molar refractivity (Wildman–Crippen MR) is 65.2 cm³/mol. The highest BCUT2D eigenvalue weighted by molar-refractivity contribution is 7.14. The highest BCUT2D eigenvalue weighted by atomic mass is 32.1. The molecule has 2 N–H and O–H groups in total. The van der Waals surface area contributed by atoms with Gasteiger partial charge in [-0.15, -0.1) is 11.3 Å². The minimum absolute atomic E-state index is 0.404. The third-order valence-electron chi connectivity index (χ3n) is 2.74. The molecule has 1 aliphatic heterocycles. The van der Waals surface area contributed by atoms with Gasteiger partial charge in [0.15, 0.2) is 0 Å². The Labute approximate surface area is 104 Å². The summed E-state index contributed by atoms with van der Waals surface area (Å²) >= 11 is 1.33. The maximum absolute atomic E-state index is 10.8. The molecule has 0 spiro atoms. The molecule has 0 radical (unpaired) electrons. The van der Waals surface area contributed by atoms with E-state index in [0.29, 0.717) is 11.4 Å². The van der Waals surface area contributed by atoms with Crippen LogP contribution in [0.25, 0.3) is 0 Å². The Morgan fingerprint density at radius 3 is 2.88 bits per heavy atom. The third kappa shape index (κ3) is 3.26. The summed E-state index contributed by atoms with van der Waals surface area (Å²) in [6.07, 6.45) is 0. The molecule has 0 unspecified atom stereocenters. The van der Waals surface area contributed by atoms with Crippen LogP contribution in [0, 0.1) is 6.92 Å². The van der Waals surface area contributed by atoms with Gasteiger partial charge in [0, 0.05) is 24.5 Å². The van der Waals surface area contributed by atoms with E-state index in [1.165, 1.54) is 11.3 Å². The van der Waals surface area contributed by atoms with Crippen LogP contribution >= 0.6 is 11.3 Å². The lowest BCUT2D eigenvalue weighted by Gasteiger charge is -2.27. The minimum atomic E-state index is -0.851. The number of carbonyl (C=O) groups is 1. The lowest BCUT2D eigenvalue weighted by molar-refractivity contribution is 0.0105. The Kier molecular flexibility index (Phi) is 4.11. The van der Waals surface area contributed by atoms with E-state index in [0.717, 1.165) is 36.7 Å². The van der Waals surface area contributed by atoms with Crippen LogP contribution in [0.3, 0.4) is 0 Å². The molecule has 5 nitrogen and oxygen atoms in total. The smallest absolute Gasteiger partial charge is 0.345 e. The summed E-state index contributed by atoms with van der Waals surface area (Å²) in [7, 11) is 0. The van der Waals surface area contributed by atoms with Crippen LogP contribution in [0.5, 0.6) is 0 Å². The topological polar surface area (TPSA) is 61.8 Å². The second-order valence-electron chi connectivity index (χ2n) is 3.93. The van der Waals surface area contributed by atoms with Crippen molar-refractivity contribution >= 4 is 17.3 Å². The summed E-state index contributed by atoms with van der Waals surface area (Å²) in [5, 5.41) is 11.0. The lowest BCUT2D eigenvalue weighted by Crippen LogP contribution is -2.45. The van der Waals surface area contributed by atoms with Gasteiger partial charge in [0.05, 0.1) is 13.2 Å². The predicted octanol–water partition coefficient (Wildman–Crippen LogP) is 1.09. The number of aryl methyl sites for hydroxylation is 1. The summed E-state index contributed by atoms with van der Waals surface area (Å²) in [4.78, 5) is 12.3. The van der Waals surface area contributed by atoms with Crippen molar-refractivity contribution < 1.29 is 14.6 Å². The molecule has 1 aliphatic rings. The molecule has 2 rings (SSSR count). The average molecular weight is 256 g/mol. The van der Waals surface area contributed by atoms with Gasteiger partial charge in [-0.1, -0.05) is 0 Å². The Bertz CT molecular complexity index is 399. The first-order valence-electron chi connectivity index (χ1n) is 5.55. The zero-order valence-electron chi connectivity index (χ0n) is 9.73. The van der Waals surface area contributed by atoms with E-state index in [1.807, 2.05) is 6.92 Å². The molecule has 0 aliphatic carbocycles. The van der Waals surface area contributed by atoms with E-state index >= 15 is 0 Å². The van der Waals surface area contributed by atoms with Crippen molar-refractivity contribution in [1.29, 1.82) is 0 Å². The first kappa shape index (κ1) is 12.5. The molecule has 0 atom stereocenters. The maximum Gasteiger partial charge on any atom is 0.345 e. The number of morpholine rings is 1. The van der Waals surface area contributed by atoms with E-state index in [2.05, 4.69) is 10.4 Å². The first-order valence-corrected chi connectivity index (χ1v) is 6.37. The Hall–Kier alpha value is -0.950. The molecule has 94 valence electrons. The molecule has 17 heavy (non-hydrogen) atoms. The van der Waals surface area contributed by atoms with Crippen molar-refractivity contribution in [2.45, 2.75) is 13.5 Å². The van der Waals surface area contributed by atoms with Crippen LogP contribution in [0.1, 0.15) is 20.1 Å². The van der Waals surface area contributed by atoms with Crippen LogP contribution in [-0.2, 0) is 11.3 Å². The monoisotopic (exact) mass is 256 g/mol. The molecule has 1 fully saturated rings. The van der Waals surface area contributed by atoms with Gasteiger partial charge in [0.25, 0.3) is 0 Å². The van der Waals surface area contributed by atoms with Crippen molar-refractivity contribution in [2.24, 2.45) is 0 Å². The molecule has 0 aromatic carbocycles. The molecule has 1 aromatic heterocycles. The van der Waals surface area contributed by atoms with Gasteiger partial charge in [0.1, 0.15) is 4.88 Å². The number of hydrogen-bond acceptors (Lipinski definition) is 5. The van der Waals surface area contributed by atoms with Crippen LogP contribution < -0.4 is 5.43 Å². The zero-order valence-corrected chi connectivity index (χ0v) is 10.5. The number of carboxylic acid groups (broad SMARTS) is 1. The van der Waals surface area contributed by atoms with E-state index in [1.54, 1.807) is 6.07 Å². The number of nitrogens with zero attached hydrogens (tertiary/aromatic N) is 1. The van der Waals surface area contributed by atoms with Crippen molar-refractivity contribution in [1.82, 2.24) is 10.4 Å². The molecule has 6 heteroatoms. The number of aromatic carboxylic acids is 1. The number of nitrogens with one attached hydrogen (secondary N) is 1. The number of carboxylic acids is 1. The number of thiophene rings is 1. The van der Waals surface area contributed by atoms with E-state index in [-0.39, 0.29) is 0 Å². The minimum Gasteiger partial charge on any atom is -0.477 e. The van der Waals surface area contributed by atoms with Gasteiger partial charge >= 0.3 is 5.97 Å². The van der Waals surface area contributed by atoms with Gasteiger partial charge < -0.3 is 9.84 Å². The zero-order chi connectivity index (χ0) is 12.3. The number of rotatable bonds is 4. The highest BCUT2D eigenvalue weighted by Crippen LogP contribution is 2.21. The van der Waals surface area contributed by atoms with Crippen LogP contribution in [0.2, 0.25) is 0 Å². The van der Waals surface area contributed by atoms with Gasteiger partial charge in [-0.25, -0.2) is 9.80 Å². The van der Waals surface area contributed by atoms with Crippen LogP contribution in [0.4, 0.5) is 0 Å². The van der Waals surface area contributed by atoms with E-state index in [9.17, 15) is 4.79 Å². The third-order valence-corrected chi connectivity index (χ3v) is 3.82. The largest absolute Gasteiger partial charge is 0.477 e. The number of hydrogen-bond donors (Lipinski definition) is 2. The quantitative estimate of drug-likeness (QED) is 0.844. The summed E-state index contributed by atoms with van der Waals surface area (Å²) in [5.74, 6) is -0.851. The Balaban J connectivity index is 1.91. The summed E-state index contributed by atoms with van der Waals surface area (Å²) in [6.45, 7) is 5.86. The van der Waals surface area contributed by atoms with Gasteiger partial charge in [-0.05, 0) is 18.6 Å². The molecule has 1 saturated heterocycles. The summed E-state index contributed by atoms with van der Waals surface area (Å²) in [5.41, 5.74) is 4.35. The molecular formula is C11H16N2O3S. The average Bonchev–Trinajstić information content (AvgIpc) is 2.70. The fourth-order valence-corrected chi connectivity index (χ4v) is 2.60. The fourth-order valence-electron chi connectivity index (χ4n) is 1.72. The van der Waals surface area contributed by atoms with Gasteiger partial charge in [-0.3, -0.25) is 5.43 Å². The summed E-state index contributed by atoms with van der Waals surface area (Å²) in [6, 6.07) is 1.75. The molecule has 1 aromatic rings. The van der Waals surface area contributed by atoms with Gasteiger partial charge in [0.2, 0.25) is 0 Å². The Morgan fingerprint density at radius 2 is 2.29 bits per heavy atom. The van der Waals surface area contributed by atoms with E-state index < -0.39 is 5.97 Å². The molecular weight excluding hydrogens is 240 g/mol. The van der Waals surface area contributed by atoms with Crippen molar-refractivity contribution in [2.75, 3.05) is 26.3 Å². The molecule has 2 heterocycles. The SMILES string of the molecule is Cc1sc(C(=O)O)cc1CNN1CCOCC1. The van der Waals surface area contributed by atoms with Crippen molar-refractivity contribution in [3.63, 3.8) is 0 Å². The standard InChI is InChI=1S/C11H16N2O3S/c1-8-9(6-10(17-8)11(14)15)7-12-13-2-4-16-5-3-13/h6,12H,2-5,7H2,1H3,(H,14,15). The lowest BCUT2D eigenvalue weighted by atomic mass is 10.2. The first-order chi connectivity index (χ1) is 8.16. The van der Waals surface area contributed by atoms with E-state index in [4.69, 9.17) is 9.84 Å². The van der Waals surface area contributed by atoms with Crippen molar-refractivity contribution in [3.8, 4) is 0 Å². The molecule has 0 bridgehead atoms. The normalized spacial score (nSPS) is 17.2. The summed E-state index contributed by atoms with van der Waals surface area (Å²) < 4.78 is 5.25.